The van der Waals surface area contributed by atoms with Crippen molar-refractivity contribution in [3.8, 4) is 0 Å². The van der Waals surface area contributed by atoms with Crippen LogP contribution in [-0.4, -0.2) is 21.3 Å². The molecule has 1 fully saturated rings. The molecule has 6 heteroatoms. The smallest absolute Gasteiger partial charge is 0.332 e. The van der Waals surface area contributed by atoms with E-state index in [-0.39, 0.29) is 10.5 Å². The number of carbonyl (C=O) groups is 2. The van der Waals surface area contributed by atoms with Gasteiger partial charge in [0.25, 0.3) is 5.91 Å². The molecule has 0 aliphatic carbocycles. The minimum Gasteiger partial charge on any atom is -0.478 e. The SMILES string of the molecule is C/C(C(=O)O)=C1\SC(=S)NC1=O. The normalized spacial score (nSPS) is 20.8. The third kappa shape index (κ3) is 1.64. The van der Waals surface area contributed by atoms with Crippen LogP contribution in [0.15, 0.2) is 10.5 Å². The fraction of sp³-hybridized carbons (Fsp3) is 0.167. The minimum absolute atomic E-state index is 0.0253. The van der Waals surface area contributed by atoms with Gasteiger partial charge in [-0.15, -0.1) is 0 Å². The predicted molar refractivity (Wildman–Crippen MR) is 48.7 cm³/mol. The van der Waals surface area contributed by atoms with E-state index in [1.165, 1.54) is 6.92 Å². The van der Waals surface area contributed by atoms with Gasteiger partial charge in [0, 0.05) is 0 Å². The average molecular weight is 203 g/mol. The van der Waals surface area contributed by atoms with Crippen LogP contribution >= 0.6 is 24.0 Å². The van der Waals surface area contributed by atoms with Gasteiger partial charge in [0.2, 0.25) is 0 Å². The van der Waals surface area contributed by atoms with Crippen molar-refractivity contribution in [3.63, 3.8) is 0 Å². The van der Waals surface area contributed by atoms with Crippen LogP contribution < -0.4 is 5.32 Å². The van der Waals surface area contributed by atoms with Gasteiger partial charge in [-0.25, -0.2) is 4.79 Å². The van der Waals surface area contributed by atoms with E-state index in [1.807, 2.05) is 0 Å². The van der Waals surface area contributed by atoms with Gasteiger partial charge in [-0.3, -0.25) is 4.79 Å². The van der Waals surface area contributed by atoms with Crippen LogP contribution in [0.5, 0.6) is 0 Å². The van der Waals surface area contributed by atoms with Crippen molar-refractivity contribution >= 4 is 40.2 Å². The Morgan fingerprint density at radius 3 is 2.58 bits per heavy atom. The Morgan fingerprint density at radius 2 is 2.25 bits per heavy atom. The molecule has 1 amide bonds. The molecule has 0 aromatic carbocycles. The molecule has 1 aliphatic rings. The summed E-state index contributed by atoms with van der Waals surface area (Å²) >= 11 is 5.66. The standard InChI is InChI=1S/C6H5NO3S2/c1-2(5(9)10)3-4(8)7-6(11)12-3/h1H3,(H,9,10)(H,7,8,11)/b3-2+. The molecule has 0 unspecified atom stereocenters. The summed E-state index contributed by atoms with van der Waals surface area (Å²) in [5.74, 6) is -1.53. The van der Waals surface area contributed by atoms with E-state index in [0.29, 0.717) is 4.32 Å². The van der Waals surface area contributed by atoms with E-state index in [1.54, 1.807) is 0 Å². The minimum atomic E-state index is -1.10. The maximum Gasteiger partial charge on any atom is 0.332 e. The molecule has 4 nitrogen and oxygen atoms in total. The molecule has 0 saturated carbocycles. The summed E-state index contributed by atoms with van der Waals surface area (Å²) in [5, 5.41) is 10.9. The highest BCUT2D eigenvalue weighted by Crippen LogP contribution is 2.26. The van der Waals surface area contributed by atoms with Gasteiger partial charge in [-0.1, -0.05) is 24.0 Å². The van der Waals surface area contributed by atoms with Gasteiger partial charge in [0.15, 0.2) is 0 Å². The number of thiocarbonyl (C=S) groups is 1. The van der Waals surface area contributed by atoms with Crippen molar-refractivity contribution in [2.45, 2.75) is 6.92 Å². The lowest BCUT2D eigenvalue weighted by atomic mass is 10.3. The zero-order chi connectivity index (χ0) is 9.30. The van der Waals surface area contributed by atoms with Crippen LogP contribution in [0.1, 0.15) is 6.92 Å². The van der Waals surface area contributed by atoms with E-state index in [9.17, 15) is 9.59 Å². The molecule has 0 aromatic heterocycles. The summed E-state index contributed by atoms with van der Waals surface area (Å²) < 4.78 is 0.301. The number of aliphatic carboxylic acids is 1. The molecule has 12 heavy (non-hydrogen) atoms. The Kier molecular flexibility index (Phi) is 2.49. The van der Waals surface area contributed by atoms with Crippen molar-refractivity contribution in [2.24, 2.45) is 0 Å². The summed E-state index contributed by atoms with van der Waals surface area (Å²) in [5.41, 5.74) is 0.0253. The molecule has 0 spiro atoms. The van der Waals surface area contributed by atoms with Crippen LogP contribution in [0.3, 0.4) is 0 Å². The third-order valence-corrected chi connectivity index (χ3v) is 2.61. The van der Waals surface area contributed by atoms with E-state index in [0.717, 1.165) is 11.8 Å². The van der Waals surface area contributed by atoms with Crippen LogP contribution in [-0.2, 0) is 9.59 Å². The number of nitrogens with one attached hydrogen (secondary N) is 1. The zero-order valence-corrected chi connectivity index (χ0v) is 7.71. The zero-order valence-electron chi connectivity index (χ0n) is 6.08. The first kappa shape index (κ1) is 9.21. The van der Waals surface area contributed by atoms with Crippen LogP contribution in [0, 0.1) is 0 Å². The molecule has 1 aliphatic heterocycles. The van der Waals surface area contributed by atoms with Crippen LogP contribution in [0.4, 0.5) is 0 Å². The average Bonchev–Trinajstić information content (AvgIpc) is 2.28. The topological polar surface area (TPSA) is 66.4 Å². The Hall–Kier alpha value is -0.880. The molecule has 64 valence electrons. The quantitative estimate of drug-likeness (QED) is 0.479. The molecular weight excluding hydrogens is 198 g/mol. The van der Waals surface area contributed by atoms with E-state index < -0.39 is 11.9 Å². The highest BCUT2D eigenvalue weighted by Gasteiger charge is 2.26. The summed E-state index contributed by atoms with van der Waals surface area (Å²) in [7, 11) is 0. The lowest BCUT2D eigenvalue weighted by molar-refractivity contribution is -0.133. The van der Waals surface area contributed by atoms with Crippen molar-refractivity contribution in [1.29, 1.82) is 0 Å². The largest absolute Gasteiger partial charge is 0.478 e. The molecule has 1 rings (SSSR count). The summed E-state index contributed by atoms with van der Waals surface area (Å²) in [4.78, 5) is 21.6. The van der Waals surface area contributed by atoms with Crippen molar-refractivity contribution in [1.82, 2.24) is 5.32 Å². The van der Waals surface area contributed by atoms with E-state index in [2.05, 4.69) is 17.5 Å². The lowest BCUT2D eigenvalue weighted by Crippen LogP contribution is -2.18. The predicted octanol–water partition coefficient (Wildman–Crippen LogP) is 0.493. The number of carboxylic acid groups (broad SMARTS) is 1. The molecule has 0 aromatic rings. The first-order valence-corrected chi connectivity index (χ1v) is 4.22. The number of carboxylic acids is 1. The van der Waals surface area contributed by atoms with Crippen molar-refractivity contribution in [3.05, 3.63) is 10.5 Å². The van der Waals surface area contributed by atoms with E-state index in [4.69, 9.17) is 5.11 Å². The van der Waals surface area contributed by atoms with Crippen LogP contribution in [0.25, 0.3) is 0 Å². The molecule has 1 saturated heterocycles. The molecule has 2 N–H and O–H groups in total. The fourth-order valence-electron chi connectivity index (χ4n) is 0.658. The molecule has 0 bridgehead atoms. The first-order valence-electron chi connectivity index (χ1n) is 2.99. The van der Waals surface area contributed by atoms with E-state index >= 15 is 0 Å². The number of rotatable bonds is 1. The molecular formula is C6H5NO3S2. The van der Waals surface area contributed by atoms with Gasteiger partial charge in [-0.2, -0.15) is 0 Å². The number of carbonyl (C=O) groups excluding carboxylic acids is 1. The molecule has 1 heterocycles. The number of thioether (sulfide) groups is 1. The molecule has 0 atom stereocenters. The monoisotopic (exact) mass is 203 g/mol. The second-order valence-corrected chi connectivity index (χ2v) is 3.79. The Labute approximate surface area is 78.0 Å². The maximum atomic E-state index is 11.0. The second-order valence-electron chi connectivity index (χ2n) is 2.10. The van der Waals surface area contributed by atoms with Gasteiger partial charge in [0.05, 0.1) is 10.5 Å². The van der Waals surface area contributed by atoms with Gasteiger partial charge < -0.3 is 10.4 Å². The molecule has 0 radical (unpaired) electrons. The Bertz CT molecular complexity index is 308. The fourth-order valence-corrected chi connectivity index (χ4v) is 1.71. The number of hydrogen-bond donors (Lipinski definition) is 2. The first-order chi connectivity index (χ1) is 5.52. The summed E-state index contributed by atoms with van der Waals surface area (Å²) in [6.07, 6.45) is 0. The number of amides is 1. The van der Waals surface area contributed by atoms with Gasteiger partial charge in [-0.05, 0) is 6.92 Å². The van der Waals surface area contributed by atoms with Crippen molar-refractivity contribution in [2.75, 3.05) is 0 Å². The van der Waals surface area contributed by atoms with Crippen LogP contribution in [0.2, 0.25) is 0 Å². The summed E-state index contributed by atoms with van der Waals surface area (Å²) in [6.45, 7) is 1.37. The van der Waals surface area contributed by atoms with Gasteiger partial charge in [0.1, 0.15) is 4.32 Å². The van der Waals surface area contributed by atoms with Crippen molar-refractivity contribution < 1.29 is 14.7 Å². The highest BCUT2D eigenvalue weighted by molar-refractivity contribution is 8.26. The lowest BCUT2D eigenvalue weighted by Gasteiger charge is -1.94. The number of hydrogen-bond acceptors (Lipinski definition) is 4. The van der Waals surface area contributed by atoms with Gasteiger partial charge >= 0.3 is 5.97 Å². The summed E-state index contributed by atoms with van der Waals surface area (Å²) in [6, 6.07) is 0. The Balaban J connectivity index is 3.03. The Morgan fingerprint density at radius 1 is 1.67 bits per heavy atom. The third-order valence-electron chi connectivity index (χ3n) is 1.28. The maximum absolute atomic E-state index is 11.0. The highest BCUT2D eigenvalue weighted by atomic mass is 32.2. The second kappa shape index (κ2) is 3.24.